The molecule has 0 aliphatic carbocycles. The van der Waals surface area contributed by atoms with Gasteiger partial charge in [-0.05, 0) is 38.1 Å². The van der Waals surface area contributed by atoms with E-state index in [-0.39, 0.29) is 11.7 Å². The SMILES string of the molecule is Cc1ccc(C(=O)C(C)OC(=O)c2ccc(NCC(O)CCl)cc2)cc1. The summed E-state index contributed by atoms with van der Waals surface area (Å²) in [5.74, 6) is -0.665. The largest absolute Gasteiger partial charge is 0.451 e. The lowest BCUT2D eigenvalue weighted by Gasteiger charge is -2.13. The maximum absolute atomic E-state index is 12.3. The Balaban J connectivity index is 1.94. The number of anilines is 1. The highest BCUT2D eigenvalue weighted by Crippen LogP contribution is 2.14. The molecule has 2 N–H and O–H groups in total. The van der Waals surface area contributed by atoms with Crippen LogP contribution >= 0.6 is 11.6 Å². The van der Waals surface area contributed by atoms with Crippen LogP contribution in [0.5, 0.6) is 0 Å². The fraction of sp³-hybridized carbons (Fsp3) is 0.300. The van der Waals surface area contributed by atoms with E-state index in [0.29, 0.717) is 17.7 Å². The number of aliphatic hydroxyl groups is 1. The highest BCUT2D eigenvalue weighted by Gasteiger charge is 2.20. The minimum absolute atomic E-state index is 0.143. The quantitative estimate of drug-likeness (QED) is 0.420. The minimum Gasteiger partial charge on any atom is -0.451 e. The van der Waals surface area contributed by atoms with E-state index < -0.39 is 18.2 Å². The van der Waals surface area contributed by atoms with E-state index in [1.54, 1.807) is 43.3 Å². The standard InChI is InChI=1S/C20H22ClNO4/c1-13-3-5-15(6-4-13)19(24)14(2)26-20(25)16-7-9-17(10-8-16)22-12-18(23)11-21/h3-10,14,18,22-23H,11-12H2,1-2H3. The summed E-state index contributed by atoms with van der Waals surface area (Å²) in [6, 6.07) is 13.7. The van der Waals surface area contributed by atoms with Gasteiger partial charge in [0.1, 0.15) is 0 Å². The maximum Gasteiger partial charge on any atom is 0.338 e. The summed E-state index contributed by atoms with van der Waals surface area (Å²) in [6.07, 6.45) is -1.52. The number of Topliss-reactive ketones (excluding diaryl/α,β-unsaturated/α-hetero) is 1. The van der Waals surface area contributed by atoms with E-state index >= 15 is 0 Å². The van der Waals surface area contributed by atoms with Crippen LogP contribution in [0.25, 0.3) is 0 Å². The van der Waals surface area contributed by atoms with E-state index in [0.717, 1.165) is 11.3 Å². The maximum atomic E-state index is 12.3. The number of benzene rings is 2. The Morgan fingerprint density at radius 1 is 1.08 bits per heavy atom. The molecule has 0 saturated carbocycles. The van der Waals surface area contributed by atoms with Crippen molar-refractivity contribution in [1.82, 2.24) is 0 Å². The lowest BCUT2D eigenvalue weighted by Crippen LogP contribution is -2.24. The number of ether oxygens (including phenoxy) is 1. The van der Waals surface area contributed by atoms with Crippen LogP contribution in [0, 0.1) is 6.92 Å². The molecule has 0 amide bonds. The number of carbonyl (C=O) groups excluding carboxylic acids is 2. The molecule has 0 radical (unpaired) electrons. The number of hydrogen-bond acceptors (Lipinski definition) is 5. The van der Waals surface area contributed by atoms with E-state index in [4.69, 9.17) is 16.3 Å². The lowest BCUT2D eigenvalue weighted by atomic mass is 10.1. The smallest absolute Gasteiger partial charge is 0.338 e. The number of carbonyl (C=O) groups is 2. The zero-order valence-corrected chi connectivity index (χ0v) is 15.5. The third kappa shape index (κ3) is 5.58. The first-order valence-corrected chi connectivity index (χ1v) is 8.84. The first kappa shape index (κ1) is 19.9. The van der Waals surface area contributed by atoms with Crippen molar-refractivity contribution in [3.8, 4) is 0 Å². The summed E-state index contributed by atoms with van der Waals surface area (Å²) < 4.78 is 5.27. The molecule has 2 aromatic carbocycles. The fourth-order valence-corrected chi connectivity index (χ4v) is 2.36. The molecule has 0 aliphatic rings. The molecular weight excluding hydrogens is 354 g/mol. The number of aryl methyl sites for hydroxylation is 1. The van der Waals surface area contributed by atoms with Gasteiger partial charge in [0.2, 0.25) is 5.78 Å². The normalized spacial score (nSPS) is 12.9. The monoisotopic (exact) mass is 375 g/mol. The molecule has 2 atom stereocenters. The van der Waals surface area contributed by atoms with Crippen molar-refractivity contribution in [3.05, 3.63) is 65.2 Å². The summed E-state index contributed by atoms with van der Waals surface area (Å²) in [7, 11) is 0. The summed E-state index contributed by atoms with van der Waals surface area (Å²) in [5.41, 5.74) is 2.65. The highest BCUT2D eigenvalue weighted by atomic mass is 35.5. The number of hydrogen-bond donors (Lipinski definition) is 2. The van der Waals surface area contributed by atoms with Gasteiger partial charge >= 0.3 is 5.97 Å². The Morgan fingerprint density at radius 3 is 2.23 bits per heavy atom. The van der Waals surface area contributed by atoms with Gasteiger partial charge in [-0.2, -0.15) is 0 Å². The van der Waals surface area contributed by atoms with Crippen molar-refractivity contribution in [3.63, 3.8) is 0 Å². The number of halogens is 1. The topological polar surface area (TPSA) is 75.6 Å². The molecule has 0 aromatic heterocycles. The predicted octanol–water partition coefficient (Wildman–Crippen LogP) is 3.43. The molecule has 0 aliphatic heterocycles. The second kappa shape index (κ2) is 9.36. The highest BCUT2D eigenvalue weighted by molar-refractivity contribution is 6.18. The first-order chi connectivity index (χ1) is 12.4. The Kier molecular flexibility index (Phi) is 7.18. The molecule has 0 saturated heterocycles. The molecule has 26 heavy (non-hydrogen) atoms. The van der Waals surface area contributed by atoms with Gasteiger partial charge in [-0.3, -0.25) is 4.79 Å². The van der Waals surface area contributed by atoms with Gasteiger partial charge < -0.3 is 15.2 Å². The van der Waals surface area contributed by atoms with Crippen LogP contribution in [0.2, 0.25) is 0 Å². The summed E-state index contributed by atoms with van der Waals surface area (Å²) in [5, 5.41) is 12.4. The molecule has 2 unspecified atom stereocenters. The fourth-order valence-electron chi connectivity index (χ4n) is 2.25. The Labute approximate surface area is 157 Å². The Morgan fingerprint density at radius 2 is 1.65 bits per heavy atom. The number of ketones is 1. The number of nitrogens with one attached hydrogen (secondary N) is 1. The van der Waals surface area contributed by atoms with Crippen LogP contribution in [0.3, 0.4) is 0 Å². The van der Waals surface area contributed by atoms with E-state index in [9.17, 15) is 14.7 Å². The Hall–Kier alpha value is -2.37. The van der Waals surface area contributed by atoms with Crippen molar-refractivity contribution < 1.29 is 19.4 Å². The number of alkyl halides is 1. The number of esters is 1. The lowest BCUT2D eigenvalue weighted by molar-refractivity contribution is 0.0319. The third-order valence-electron chi connectivity index (χ3n) is 3.83. The molecule has 2 aromatic rings. The van der Waals surface area contributed by atoms with E-state index in [1.807, 2.05) is 19.1 Å². The van der Waals surface area contributed by atoms with Gasteiger partial charge in [0.15, 0.2) is 6.10 Å². The van der Waals surface area contributed by atoms with Gasteiger partial charge in [0.25, 0.3) is 0 Å². The van der Waals surface area contributed by atoms with Gasteiger partial charge in [-0.25, -0.2) is 4.79 Å². The van der Waals surface area contributed by atoms with Crippen LogP contribution in [0.4, 0.5) is 5.69 Å². The van der Waals surface area contributed by atoms with Gasteiger partial charge in [-0.1, -0.05) is 29.8 Å². The van der Waals surface area contributed by atoms with Crippen molar-refractivity contribution in [2.24, 2.45) is 0 Å². The second-order valence-electron chi connectivity index (χ2n) is 6.04. The number of rotatable bonds is 8. The summed E-state index contributed by atoms with van der Waals surface area (Å²) >= 11 is 5.53. The molecule has 2 rings (SSSR count). The van der Waals surface area contributed by atoms with Crippen LogP contribution in [-0.4, -0.2) is 41.5 Å². The average Bonchev–Trinajstić information content (AvgIpc) is 2.66. The van der Waals surface area contributed by atoms with E-state index in [2.05, 4.69) is 5.32 Å². The van der Waals surface area contributed by atoms with Crippen molar-refractivity contribution >= 4 is 29.0 Å². The molecule has 0 heterocycles. The van der Waals surface area contributed by atoms with Gasteiger partial charge in [0, 0.05) is 17.8 Å². The van der Waals surface area contributed by atoms with Crippen molar-refractivity contribution in [2.75, 3.05) is 17.7 Å². The van der Waals surface area contributed by atoms with E-state index in [1.165, 1.54) is 0 Å². The molecular formula is C20H22ClNO4. The third-order valence-corrected chi connectivity index (χ3v) is 4.19. The number of aliphatic hydroxyl groups excluding tert-OH is 1. The Bertz CT molecular complexity index is 743. The summed E-state index contributed by atoms with van der Waals surface area (Å²) in [4.78, 5) is 24.5. The molecule has 6 heteroatoms. The molecule has 0 spiro atoms. The van der Waals surface area contributed by atoms with Gasteiger partial charge in [-0.15, -0.1) is 11.6 Å². The average molecular weight is 376 g/mol. The minimum atomic E-state index is -0.873. The van der Waals surface area contributed by atoms with Crippen LogP contribution < -0.4 is 5.32 Å². The molecule has 0 fully saturated rings. The van der Waals surface area contributed by atoms with Gasteiger partial charge in [0.05, 0.1) is 17.5 Å². The van der Waals surface area contributed by atoms with Crippen LogP contribution in [0.1, 0.15) is 33.2 Å². The van der Waals surface area contributed by atoms with Crippen molar-refractivity contribution in [2.45, 2.75) is 26.1 Å². The molecule has 0 bridgehead atoms. The zero-order valence-electron chi connectivity index (χ0n) is 14.7. The summed E-state index contributed by atoms with van der Waals surface area (Å²) in [6.45, 7) is 3.81. The van der Waals surface area contributed by atoms with Crippen molar-refractivity contribution in [1.29, 1.82) is 0 Å². The molecule has 138 valence electrons. The van der Waals surface area contributed by atoms with Crippen LogP contribution in [0.15, 0.2) is 48.5 Å². The predicted molar refractivity (Wildman–Crippen MR) is 102 cm³/mol. The first-order valence-electron chi connectivity index (χ1n) is 8.30. The molecule has 5 nitrogen and oxygen atoms in total. The second-order valence-corrected chi connectivity index (χ2v) is 6.35. The zero-order chi connectivity index (χ0) is 19.1. The van der Waals surface area contributed by atoms with Crippen LogP contribution in [-0.2, 0) is 4.74 Å².